The van der Waals surface area contributed by atoms with Crippen LogP contribution in [0.25, 0.3) is 10.9 Å². The van der Waals surface area contributed by atoms with Crippen LogP contribution in [0.5, 0.6) is 11.6 Å². The van der Waals surface area contributed by atoms with Crippen molar-refractivity contribution in [3.05, 3.63) is 28.8 Å². The molecule has 0 unspecified atom stereocenters. The summed E-state index contributed by atoms with van der Waals surface area (Å²) in [4.78, 5) is 3.89. The maximum Gasteiger partial charge on any atom is 0.534 e. The number of alkyl halides is 3. The van der Waals surface area contributed by atoms with E-state index >= 15 is 0 Å². The van der Waals surface area contributed by atoms with Crippen LogP contribution in [0.15, 0.2) is 18.2 Å². The molecule has 0 aliphatic rings. The summed E-state index contributed by atoms with van der Waals surface area (Å²) in [6.45, 7) is 0. The molecule has 0 aliphatic heterocycles. The van der Waals surface area contributed by atoms with Crippen molar-refractivity contribution in [1.29, 1.82) is 5.26 Å². The number of fused-ring (bicyclic) bond motifs is 1. The zero-order chi connectivity index (χ0) is 17.4. The van der Waals surface area contributed by atoms with Gasteiger partial charge in [-0.25, -0.2) is 4.98 Å². The van der Waals surface area contributed by atoms with Gasteiger partial charge in [-0.3, -0.25) is 0 Å². The van der Waals surface area contributed by atoms with Crippen LogP contribution in [0.3, 0.4) is 0 Å². The van der Waals surface area contributed by atoms with E-state index in [-0.39, 0.29) is 27.4 Å². The summed E-state index contributed by atoms with van der Waals surface area (Å²) in [5, 5.41) is 9.20. The van der Waals surface area contributed by atoms with Crippen LogP contribution >= 0.6 is 11.6 Å². The molecule has 0 fully saturated rings. The number of ether oxygens (including phenoxy) is 1. The predicted molar refractivity (Wildman–Crippen MR) is 73.6 cm³/mol. The molecular formula is C12H6ClF3N2O4S. The molecule has 0 N–H and O–H groups in total. The van der Waals surface area contributed by atoms with E-state index in [0.717, 1.165) is 12.1 Å². The highest BCUT2D eigenvalue weighted by molar-refractivity contribution is 7.88. The Kier molecular flexibility index (Phi) is 4.28. The van der Waals surface area contributed by atoms with Gasteiger partial charge in [-0.05, 0) is 12.1 Å². The fourth-order valence-electron chi connectivity index (χ4n) is 1.65. The van der Waals surface area contributed by atoms with Gasteiger partial charge in [0.05, 0.1) is 17.6 Å². The molecule has 0 atom stereocenters. The Morgan fingerprint density at radius 1 is 1.35 bits per heavy atom. The third kappa shape index (κ3) is 3.11. The number of benzene rings is 1. The largest absolute Gasteiger partial charge is 0.534 e. The van der Waals surface area contributed by atoms with E-state index in [1.54, 1.807) is 6.07 Å². The summed E-state index contributed by atoms with van der Waals surface area (Å²) < 4.78 is 67.8. The number of hydrogen-bond acceptors (Lipinski definition) is 6. The number of aromatic nitrogens is 1. The van der Waals surface area contributed by atoms with Gasteiger partial charge in [0.1, 0.15) is 17.4 Å². The van der Waals surface area contributed by atoms with E-state index in [1.165, 1.54) is 13.2 Å². The number of pyridine rings is 1. The van der Waals surface area contributed by atoms with Gasteiger partial charge in [0, 0.05) is 11.5 Å². The summed E-state index contributed by atoms with van der Waals surface area (Å²) in [5.41, 5.74) is -5.62. The molecule has 0 saturated heterocycles. The molecule has 0 saturated carbocycles. The van der Waals surface area contributed by atoms with E-state index < -0.39 is 21.4 Å². The number of nitriles is 1. The highest BCUT2D eigenvalue weighted by Gasteiger charge is 2.48. The van der Waals surface area contributed by atoms with Crippen LogP contribution in [0.1, 0.15) is 5.56 Å². The number of rotatable bonds is 3. The minimum Gasteiger partial charge on any atom is -0.480 e. The number of methoxy groups -OCH3 is 1. The molecular weight excluding hydrogens is 363 g/mol. The molecule has 2 aromatic rings. The molecule has 23 heavy (non-hydrogen) atoms. The zero-order valence-electron chi connectivity index (χ0n) is 11.2. The van der Waals surface area contributed by atoms with Crippen LogP contribution in [0.2, 0.25) is 5.02 Å². The van der Waals surface area contributed by atoms with Gasteiger partial charge in [-0.2, -0.15) is 26.9 Å². The highest BCUT2D eigenvalue weighted by atomic mass is 35.5. The smallest absolute Gasteiger partial charge is 0.480 e. The molecule has 0 radical (unpaired) electrons. The summed E-state index contributed by atoms with van der Waals surface area (Å²) in [5.74, 6) is -0.758. The minimum absolute atomic E-state index is 0.000671. The Bertz CT molecular complexity index is 923. The van der Waals surface area contributed by atoms with E-state index in [9.17, 15) is 21.6 Å². The van der Waals surface area contributed by atoms with E-state index in [1.807, 2.05) is 0 Å². The normalized spacial score (nSPS) is 12.0. The molecule has 1 aromatic carbocycles. The van der Waals surface area contributed by atoms with Crippen LogP contribution in [0.4, 0.5) is 13.2 Å². The first-order chi connectivity index (χ1) is 10.6. The topological polar surface area (TPSA) is 89.3 Å². The molecule has 1 aromatic heterocycles. The molecule has 0 amide bonds. The third-order valence-corrected chi connectivity index (χ3v) is 4.03. The van der Waals surface area contributed by atoms with Crippen molar-refractivity contribution < 1.29 is 30.5 Å². The van der Waals surface area contributed by atoms with Crippen molar-refractivity contribution in [3.63, 3.8) is 0 Å². The Labute approximate surface area is 133 Å². The minimum atomic E-state index is -5.80. The van der Waals surface area contributed by atoms with Gasteiger partial charge in [0.25, 0.3) is 0 Å². The third-order valence-electron chi connectivity index (χ3n) is 2.66. The van der Waals surface area contributed by atoms with Crippen LogP contribution in [-0.2, 0) is 10.1 Å². The second-order valence-corrected chi connectivity index (χ2v) is 6.00. The SMILES string of the molecule is COc1nc2cc(OS(=O)(=O)C(F)(F)F)ccc2c(Cl)c1[14C]#N. The first kappa shape index (κ1) is 17.1. The summed E-state index contributed by atoms with van der Waals surface area (Å²) in [6.07, 6.45) is 0. The highest BCUT2D eigenvalue weighted by Crippen LogP contribution is 2.34. The second-order valence-electron chi connectivity index (χ2n) is 4.08. The molecule has 0 spiro atoms. The lowest BCUT2D eigenvalue weighted by molar-refractivity contribution is -0.0500. The molecule has 0 bridgehead atoms. The molecule has 122 valence electrons. The Balaban J connectivity index is 2.59. The van der Waals surface area contributed by atoms with Crippen LogP contribution in [-0.4, -0.2) is 26.0 Å². The maximum atomic E-state index is 12.3. The van der Waals surface area contributed by atoms with Gasteiger partial charge >= 0.3 is 15.6 Å². The fraction of sp³-hybridized carbons (Fsp3) is 0.167. The van der Waals surface area contributed by atoms with Gasteiger partial charge in [0.15, 0.2) is 0 Å². The number of nitrogens with zero attached hydrogens (tertiary/aromatic N) is 2. The molecule has 2 rings (SSSR count). The molecule has 11 heteroatoms. The monoisotopic (exact) mass is 368 g/mol. The standard InChI is InChI=1S/C12H6ClF3N2O4S/c1-21-11-8(5-17)10(13)7-3-2-6(4-9(7)18-11)22-23(19,20)12(14,15)16/h2-4H,1H3/i5+2. The first-order valence-corrected chi connectivity index (χ1v) is 7.47. The van der Waals surface area contributed by atoms with E-state index in [0.29, 0.717) is 0 Å². The van der Waals surface area contributed by atoms with Gasteiger partial charge in [-0.15, -0.1) is 0 Å². The maximum absolute atomic E-state index is 12.3. The lowest BCUT2D eigenvalue weighted by atomic mass is 10.2. The van der Waals surface area contributed by atoms with Crippen LogP contribution in [0, 0.1) is 11.3 Å². The zero-order valence-corrected chi connectivity index (χ0v) is 12.8. The molecule has 0 aliphatic carbocycles. The summed E-state index contributed by atoms with van der Waals surface area (Å²) in [6, 6.07) is 4.87. The quantitative estimate of drug-likeness (QED) is 0.611. The van der Waals surface area contributed by atoms with Crippen LogP contribution < -0.4 is 8.92 Å². The number of hydrogen-bond donors (Lipinski definition) is 0. The Hall–Kier alpha value is -2.25. The summed E-state index contributed by atoms with van der Waals surface area (Å²) >= 11 is 6.00. The van der Waals surface area contributed by atoms with Crippen molar-refractivity contribution in [2.75, 3.05) is 7.11 Å². The van der Waals surface area contributed by atoms with Gasteiger partial charge in [0.2, 0.25) is 5.88 Å². The summed E-state index contributed by atoms with van der Waals surface area (Å²) in [7, 11) is -4.58. The Morgan fingerprint density at radius 3 is 2.52 bits per heavy atom. The second kappa shape index (κ2) is 5.75. The van der Waals surface area contributed by atoms with E-state index in [2.05, 4.69) is 9.17 Å². The first-order valence-electron chi connectivity index (χ1n) is 5.69. The average Bonchev–Trinajstić information content (AvgIpc) is 2.45. The molecule has 6 nitrogen and oxygen atoms in total. The lowest BCUT2D eigenvalue weighted by Gasteiger charge is -2.11. The van der Waals surface area contributed by atoms with E-state index in [4.69, 9.17) is 21.6 Å². The van der Waals surface area contributed by atoms with Gasteiger partial charge < -0.3 is 8.92 Å². The van der Waals surface area contributed by atoms with Crippen molar-refractivity contribution in [2.45, 2.75) is 5.51 Å². The van der Waals surface area contributed by atoms with Crippen molar-refractivity contribution in [2.24, 2.45) is 0 Å². The lowest BCUT2D eigenvalue weighted by Crippen LogP contribution is -2.28. The van der Waals surface area contributed by atoms with Crippen molar-refractivity contribution >= 4 is 32.6 Å². The number of halogens is 4. The Morgan fingerprint density at radius 2 is 2.00 bits per heavy atom. The fourth-order valence-corrected chi connectivity index (χ4v) is 2.39. The van der Waals surface area contributed by atoms with Crippen molar-refractivity contribution in [3.8, 4) is 17.7 Å². The predicted octanol–water partition coefficient (Wildman–Crippen LogP) is 3.00. The van der Waals surface area contributed by atoms with Gasteiger partial charge in [-0.1, -0.05) is 11.6 Å². The van der Waals surface area contributed by atoms with Crippen molar-refractivity contribution in [1.82, 2.24) is 4.98 Å². The molecule has 1 heterocycles. The average molecular weight is 369 g/mol.